The van der Waals surface area contributed by atoms with Crippen molar-refractivity contribution in [2.24, 2.45) is 0 Å². The van der Waals surface area contributed by atoms with Gasteiger partial charge in [0.15, 0.2) is 46.9 Å². The molecule has 264 valence electrons. The summed E-state index contributed by atoms with van der Waals surface area (Å²) in [5.41, 5.74) is -2.68. The molecule has 3 aliphatic heterocycles. The van der Waals surface area contributed by atoms with Crippen molar-refractivity contribution in [3.8, 4) is 28.7 Å². The minimum atomic E-state index is -2.50. The zero-order chi connectivity index (χ0) is 36.0. The first-order valence-electron chi connectivity index (χ1n) is 15.2. The molecule has 5 N–H and O–H groups in total. The normalized spacial score (nSPS) is 28.3. The number of carbonyl (C=O) groups is 3. The zero-order valence-electron chi connectivity index (χ0n) is 26.7. The van der Waals surface area contributed by atoms with Crippen LogP contribution in [0.1, 0.15) is 61.8 Å². The number of hydrogen-bond donors (Lipinski definition) is 5. The summed E-state index contributed by atoms with van der Waals surface area (Å²) in [6.45, 7) is 1.55. The number of aromatic hydroxyl groups is 3. The molecule has 17 nitrogen and oxygen atoms in total. The van der Waals surface area contributed by atoms with Crippen LogP contribution in [-0.4, -0.2) is 101 Å². The molecule has 4 aliphatic rings. The molecule has 4 heterocycles. The van der Waals surface area contributed by atoms with E-state index in [1.165, 1.54) is 13.2 Å². The van der Waals surface area contributed by atoms with Gasteiger partial charge in [-0.15, -0.1) is 0 Å². The Morgan fingerprint density at radius 3 is 2.36 bits per heavy atom. The fourth-order valence-corrected chi connectivity index (χ4v) is 6.86. The third-order valence-electron chi connectivity index (χ3n) is 9.33. The minimum absolute atomic E-state index is 0.0447. The largest absolute Gasteiger partial charge is 0.507 e. The standard InChI is InChI=1S/C33H30O17/c1-10-23(36)15(44-3)9-18(46-10)48-30-22-25(38)20-13(34)8-14(43-2)24(37)21(20)27(40)29(22)50-33(30)17(35)7-12-5-11-6-16(31(41)45-4)47-32(42)19(11)26(39)28(12)49-33/h5-6,8,10,15,17-18,23,30,35-36,38-40H,7,9H2,1-4H3/t10-,15+,17+,18-,23-,30+,33+/m0/s1. The third kappa shape index (κ3) is 4.65. The molecule has 0 saturated carbocycles. The number of allylic oxidation sites excluding steroid dienone is 2. The van der Waals surface area contributed by atoms with Gasteiger partial charge in [-0.25, -0.2) is 9.59 Å². The van der Waals surface area contributed by atoms with Crippen molar-refractivity contribution in [1.29, 1.82) is 0 Å². The maximum atomic E-state index is 13.2. The van der Waals surface area contributed by atoms with Gasteiger partial charge in [0.2, 0.25) is 11.5 Å². The second kappa shape index (κ2) is 11.7. The lowest BCUT2D eigenvalue weighted by atomic mass is 9.85. The van der Waals surface area contributed by atoms with E-state index < -0.39 is 128 Å². The van der Waals surface area contributed by atoms with Crippen LogP contribution in [0, 0.1) is 0 Å². The molecule has 0 bridgehead atoms. The molecule has 2 aromatic carbocycles. The summed E-state index contributed by atoms with van der Waals surface area (Å²) in [4.78, 5) is 51.5. The number of Topliss-reactive ketones (excluding diaryl/α,β-unsaturated/α-hetero) is 1. The number of ketones is 2. The quantitative estimate of drug-likeness (QED) is 0.186. The number of benzene rings is 2. The van der Waals surface area contributed by atoms with E-state index in [1.807, 2.05) is 0 Å². The molecule has 17 heteroatoms. The van der Waals surface area contributed by atoms with Gasteiger partial charge in [0, 0.05) is 31.6 Å². The maximum Gasteiger partial charge on any atom is 0.374 e. The molecule has 0 radical (unpaired) electrons. The molecule has 50 heavy (non-hydrogen) atoms. The van der Waals surface area contributed by atoms with Crippen molar-refractivity contribution in [3.05, 3.63) is 62.4 Å². The van der Waals surface area contributed by atoms with E-state index >= 15 is 0 Å². The number of ether oxygens (including phenoxy) is 7. The van der Waals surface area contributed by atoms with Crippen molar-refractivity contribution >= 4 is 28.3 Å². The van der Waals surface area contributed by atoms with E-state index in [0.717, 1.165) is 26.4 Å². The Kier molecular flexibility index (Phi) is 7.80. The van der Waals surface area contributed by atoms with Gasteiger partial charge in [-0.3, -0.25) is 9.59 Å². The number of fused-ring (bicyclic) bond motifs is 4. The van der Waals surface area contributed by atoms with Gasteiger partial charge in [-0.05, 0) is 24.4 Å². The van der Waals surface area contributed by atoms with Gasteiger partial charge in [0.05, 0.1) is 43.1 Å². The molecule has 0 amide bonds. The van der Waals surface area contributed by atoms with Crippen LogP contribution in [0.3, 0.4) is 0 Å². The maximum absolute atomic E-state index is 13.2. The summed E-state index contributed by atoms with van der Waals surface area (Å²) in [7, 11) is 3.58. The molecular weight excluding hydrogens is 668 g/mol. The van der Waals surface area contributed by atoms with E-state index in [1.54, 1.807) is 6.92 Å². The smallest absolute Gasteiger partial charge is 0.374 e. The first-order chi connectivity index (χ1) is 23.8. The molecule has 1 aromatic heterocycles. The van der Waals surface area contributed by atoms with Gasteiger partial charge in [-0.2, -0.15) is 0 Å². The van der Waals surface area contributed by atoms with Crippen molar-refractivity contribution in [2.75, 3.05) is 21.3 Å². The summed E-state index contributed by atoms with van der Waals surface area (Å²) < 4.78 is 44.5. The van der Waals surface area contributed by atoms with Gasteiger partial charge < -0.3 is 63.1 Å². The fourth-order valence-electron chi connectivity index (χ4n) is 6.86. The summed E-state index contributed by atoms with van der Waals surface area (Å²) >= 11 is 0. The van der Waals surface area contributed by atoms with E-state index in [0.29, 0.717) is 0 Å². The molecule has 0 unspecified atom stereocenters. The van der Waals surface area contributed by atoms with Crippen LogP contribution in [0.15, 0.2) is 33.2 Å². The molecule has 1 fully saturated rings. The Hall–Kier alpha value is -5.20. The molecule has 1 aliphatic carbocycles. The highest BCUT2D eigenvalue weighted by Crippen LogP contribution is 2.61. The predicted molar refractivity (Wildman–Crippen MR) is 162 cm³/mol. The van der Waals surface area contributed by atoms with E-state index in [-0.39, 0.29) is 23.8 Å². The number of methoxy groups -OCH3 is 3. The highest BCUT2D eigenvalue weighted by molar-refractivity contribution is 6.26. The topological polar surface area (TPSA) is 247 Å². The molecule has 3 aromatic rings. The number of rotatable bonds is 5. The summed E-state index contributed by atoms with van der Waals surface area (Å²) in [6.07, 6.45) is -7.15. The van der Waals surface area contributed by atoms with E-state index in [4.69, 9.17) is 32.8 Å². The minimum Gasteiger partial charge on any atom is -0.507 e. The third-order valence-corrected chi connectivity index (χ3v) is 9.33. The average molecular weight is 699 g/mol. The second-order valence-electron chi connectivity index (χ2n) is 12.1. The lowest BCUT2D eigenvalue weighted by molar-refractivity contribution is -0.313. The molecule has 1 spiro atoms. The van der Waals surface area contributed by atoms with Gasteiger partial charge in [0.1, 0.15) is 23.3 Å². The van der Waals surface area contributed by atoms with Crippen LogP contribution in [0.25, 0.3) is 10.8 Å². The highest BCUT2D eigenvalue weighted by atomic mass is 16.8. The molecular formula is C33H30O17. The van der Waals surface area contributed by atoms with Gasteiger partial charge in [-0.1, -0.05) is 0 Å². The Balaban J connectivity index is 1.41. The number of aliphatic hydroxyl groups excluding tert-OH is 2. The zero-order valence-corrected chi connectivity index (χ0v) is 26.7. The van der Waals surface area contributed by atoms with E-state index in [2.05, 4.69) is 4.74 Å². The van der Waals surface area contributed by atoms with Crippen LogP contribution in [0.4, 0.5) is 0 Å². The van der Waals surface area contributed by atoms with Crippen molar-refractivity contribution in [3.63, 3.8) is 0 Å². The van der Waals surface area contributed by atoms with Crippen LogP contribution in [-0.2, 0) is 30.1 Å². The Bertz CT molecular complexity index is 2080. The first kappa shape index (κ1) is 33.3. The Labute approximate surface area is 280 Å². The number of hydrogen-bond acceptors (Lipinski definition) is 17. The van der Waals surface area contributed by atoms with Crippen LogP contribution in [0.2, 0.25) is 0 Å². The summed E-state index contributed by atoms with van der Waals surface area (Å²) in [5.74, 6) is -9.75. The summed E-state index contributed by atoms with van der Waals surface area (Å²) in [5, 5.41) is 56.5. The van der Waals surface area contributed by atoms with Gasteiger partial charge >= 0.3 is 17.4 Å². The highest BCUT2D eigenvalue weighted by Gasteiger charge is 2.63. The van der Waals surface area contributed by atoms with Crippen LogP contribution >= 0.6 is 0 Å². The number of aliphatic hydroxyl groups is 2. The van der Waals surface area contributed by atoms with Crippen molar-refractivity contribution in [2.45, 2.75) is 62.4 Å². The molecule has 1 saturated heterocycles. The predicted octanol–water partition coefficient (Wildman–Crippen LogP) is 1.26. The Morgan fingerprint density at radius 1 is 0.960 bits per heavy atom. The SMILES string of the molecule is COC(=O)c1cc2cc3c(c(O)c2c(=O)o1)O[C@@]1(Oc2c(O)c4c(c(O)c2[C@H]1O[C@H]1C[C@@H](OC)[C@@H](O)[C@H](C)O1)C(=O)C=C(OC)C4=O)[C@H](O)C3. The van der Waals surface area contributed by atoms with Crippen LogP contribution < -0.4 is 15.1 Å². The first-order valence-corrected chi connectivity index (χ1v) is 15.2. The molecule has 7 rings (SSSR count). The average Bonchev–Trinajstić information content (AvgIpc) is 3.40. The van der Waals surface area contributed by atoms with Crippen molar-refractivity contribution < 1.29 is 77.5 Å². The molecule has 7 atom stereocenters. The van der Waals surface area contributed by atoms with E-state index in [9.17, 15) is 44.7 Å². The van der Waals surface area contributed by atoms with Crippen LogP contribution in [0.5, 0.6) is 28.7 Å². The van der Waals surface area contributed by atoms with Crippen molar-refractivity contribution in [1.82, 2.24) is 0 Å². The lowest BCUT2D eigenvalue weighted by Gasteiger charge is -2.44. The number of phenols is 3. The lowest BCUT2D eigenvalue weighted by Crippen LogP contribution is -2.59. The summed E-state index contributed by atoms with van der Waals surface area (Å²) in [6, 6.07) is 2.52. The monoisotopic (exact) mass is 698 g/mol. The fraction of sp³-hybridized carbons (Fsp3) is 0.394. The Morgan fingerprint density at radius 2 is 1.68 bits per heavy atom. The number of carbonyl (C=O) groups excluding carboxylic acids is 3. The van der Waals surface area contributed by atoms with Gasteiger partial charge in [0.25, 0.3) is 0 Å². The number of phenolic OH excluding ortho intramolecular Hbond substituents is 3. The second-order valence-corrected chi connectivity index (χ2v) is 12.1. The number of esters is 1.